The van der Waals surface area contributed by atoms with E-state index in [1.807, 2.05) is 18.2 Å². The van der Waals surface area contributed by atoms with Gasteiger partial charge in [0.15, 0.2) is 11.5 Å². The van der Waals surface area contributed by atoms with E-state index in [9.17, 15) is 4.79 Å². The number of nitrogens with zero attached hydrogens (tertiary/aromatic N) is 1. The highest BCUT2D eigenvalue weighted by atomic mass is 16.5. The van der Waals surface area contributed by atoms with Gasteiger partial charge in [-0.05, 0) is 47.6 Å². The van der Waals surface area contributed by atoms with Crippen molar-refractivity contribution in [2.75, 3.05) is 20.8 Å². The number of methoxy groups -OCH3 is 2. The Bertz CT molecular complexity index is 843. The first-order chi connectivity index (χ1) is 14.2. The summed E-state index contributed by atoms with van der Waals surface area (Å²) in [4.78, 5) is 15.4. The third-order valence-corrected chi connectivity index (χ3v) is 6.55. The molecule has 0 radical (unpaired) electrons. The van der Waals surface area contributed by atoms with Gasteiger partial charge in [0, 0.05) is 13.0 Å². The van der Waals surface area contributed by atoms with Gasteiger partial charge >= 0.3 is 0 Å². The Morgan fingerprint density at radius 1 is 1.03 bits per heavy atom. The lowest BCUT2D eigenvalue weighted by Crippen LogP contribution is -2.40. The molecule has 4 heteroatoms. The zero-order valence-electron chi connectivity index (χ0n) is 17.5. The molecule has 1 atom stereocenters. The van der Waals surface area contributed by atoms with E-state index in [1.165, 1.54) is 31.2 Å². The lowest BCUT2D eigenvalue weighted by Gasteiger charge is -2.38. The Hall–Kier alpha value is -2.49. The number of fused-ring (bicyclic) bond motifs is 1. The number of rotatable bonds is 6. The van der Waals surface area contributed by atoms with Gasteiger partial charge in [-0.2, -0.15) is 0 Å². The maximum Gasteiger partial charge on any atom is 0.223 e. The van der Waals surface area contributed by atoms with E-state index in [-0.39, 0.29) is 11.9 Å². The quantitative estimate of drug-likeness (QED) is 0.681. The molecule has 4 nitrogen and oxygen atoms in total. The predicted molar refractivity (Wildman–Crippen MR) is 114 cm³/mol. The minimum atomic E-state index is -0.0733. The molecule has 2 aliphatic rings. The van der Waals surface area contributed by atoms with Crippen LogP contribution in [0.4, 0.5) is 0 Å². The van der Waals surface area contributed by atoms with Crippen LogP contribution in [-0.4, -0.2) is 31.6 Å². The highest BCUT2D eigenvalue weighted by molar-refractivity contribution is 5.78. The van der Waals surface area contributed by atoms with Crippen molar-refractivity contribution in [3.05, 3.63) is 59.2 Å². The minimum Gasteiger partial charge on any atom is -0.493 e. The van der Waals surface area contributed by atoms with Crippen molar-refractivity contribution in [1.82, 2.24) is 4.90 Å². The van der Waals surface area contributed by atoms with Crippen LogP contribution >= 0.6 is 0 Å². The molecule has 1 amide bonds. The SMILES string of the molecule is COc1cc2c(cc1OC)[C@@H](c1ccccc1)N(C(=O)CCC1CCCC1)CC2. The number of amides is 1. The summed E-state index contributed by atoms with van der Waals surface area (Å²) in [5.74, 6) is 2.47. The number of hydrogen-bond donors (Lipinski definition) is 0. The monoisotopic (exact) mass is 393 g/mol. The van der Waals surface area contributed by atoms with Crippen molar-refractivity contribution in [1.29, 1.82) is 0 Å². The number of hydrogen-bond acceptors (Lipinski definition) is 3. The van der Waals surface area contributed by atoms with E-state index in [1.54, 1.807) is 14.2 Å². The van der Waals surface area contributed by atoms with E-state index >= 15 is 0 Å². The summed E-state index contributed by atoms with van der Waals surface area (Å²) in [6, 6.07) is 14.4. The molecular formula is C25H31NO3. The highest BCUT2D eigenvalue weighted by Crippen LogP contribution is 2.41. The Balaban J connectivity index is 1.66. The van der Waals surface area contributed by atoms with Crippen LogP contribution in [0.25, 0.3) is 0 Å². The molecule has 0 unspecified atom stereocenters. The third kappa shape index (κ3) is 4.12. The molecule has 0 spiro atoms. The van der Waals surface area contributed by atoms with Crippen LogP contribution in [0.5, 0.6) is 11.5 Å². The smallest absolute Gasteiger partial charge is 0.223 e. The zero-order chi connectivity index (χ0) is 20.2. The summed E-state index contributed by atoms with van der Waals surface area (Å²) in [5.41, 5.74) is 3.53. The molecule has 2 aromatic carbocycles. The molecule has 29 heavy (non-hydrogen) atoms. The molecule has 4 rings (SSSR count). The van der Waals surface area contributed by atoms with E-state index in [0.717, 1.165) is 42.2 Å². The molecule has 154 valence electrons. The number of carbonyl (C=O) groups is 1. The van der Waals surface area contributed by atoms with Crippen molar-refractivity contribution in [2.24, 2.45) is 5.92 Å². The van der Waals surface area contributed by atoms with Gasteiger partial charge in [-0.1, -0.05) is 56.0 Å². The third-order valence-electron chi connectivity index (χ3n) is 6.55. The van der Waals surface area contributed by atoms with Crippen molar-refractivity contribution < 1.29 is 14.3 Å². The van der Waals surface area contributed by atoms with Crippen molar-refractivity contribution in [3.63, 3.8) is 0 Å². The Kier molecular flexibility index (Phi) is 6.08. The summed E-state index contributed by atoms with van der Waals surface area (Å²) < 4.78 is 11.1. The fourth-order valence-electron chi connectivity index (χ4n) is 4.98. The first-order valence-electron chi connectivity index (χ1n) is 10.8. The second-order valence-electron chi connectivity index (χ2n) is 8.25. The second kappa shape index (κ2) is 8.89. The molecule has 0 saturated heterocycles. The van der Waals surface area contributed by atoms with Gasteiger partial charge in [0.2, 0.25) is 5.91 Å². The Morgan fingerprint density at radius 3 is 2.41 bits per heavy atom. The number of carbonyl (C=O) groups excluding carboxylic acids is 1. The van der Waals surface area contributed by atoms with Gasteiger partial charge in [-0.3, -0.25) is 4.79 Å². The van der Waals surface area contributed by atoms with E-state index in [2.05, 4.69) is 29.2 Å². The van der Waals surface area contributed by atoms with Crippen LogP contribution in [0.1, 0.15) is 61.3 Å². The second-order valence-corrected chi connectivity index (χ2v) is 8.25. The lowest BCUT2D eigenvalue weighted by molar-refractivity contribution is -0.133. The molecule has 1 heterocycles. The molecule has 0 bridgehead atoms. The summed E-state index contributed by atoms with van der Waals surface area (Å²) in [6.45, 7) is 0.742. The lowest BCUT2D eigenvalue weighted by atomic mass is 9.87. The fourth-order valence-corrected chi connectivity index (χ4v) is 4.98. The van der Waals surface area contributed by atoms with Crippen molar-refractivity contribution in [3.8, 4) is 11.5 Å². The van der Waals surface area contributed by atoms with E-state index in [0.29, 0.717) is 12.2 Å². The minimum absolute atomic E-state index is 0.0733. The molecule has 0 N–H and O–H groups in total. The van der Waals surface area contributed by atoms with Gasteiger partial charge in [0.05, 0.1) is 20.3 Å². The largest absolute Gasteiger partial charge is 0.493 e. The first-order valence-corrected chi connectivity index (χ1v) is 10.8. The average Bonchev–Trinajstić information content (AvgIpc) is 3.30. The van der Waals surface area contributed by atoms with Crippen molar-refractivity contribution >= 4 is 5.91 Å². The van der Waals surface area contributed by atoms with Gasteiger partial charge in [0.1, 0.15) is 0 Å². The Labute approximate surface area is 173 Å². The normalized spacial score (nSPS) is 19.1. The predicted octanol–water partition coefficient (Wildman–Crippen LogP) is 5.15. The van der Waals surface area contributed by atoms with Crippen LogP contribution < -0.4 is 9.47 Å². The standard InChI is InChI=1S/C25H31NO3/c1-28-22-16-20-14-15-26(24(27)13-12-18-8-6-7-9-18)25(19-10-4-3-5-11-19)21(20)17-23(22)29-2/h3-5,10-11,16-18,25H,6-9,12-15H2,1-2H3/t25-/m1/s1. The van der Waals surface area contributed by atoms with Crippen LogP contribution in [0.2, 0.25) is 0 Å². The molecule has 1 fully saturated rings. The topological polar surface area (TPSA) is 38.8 Å². The average molecular weight is 394 g/mol. The summed E-state index contributed by atoms with van der Waals surface area (Å²) >= 11 is 0. The van der Waals surface area contributed by atoms with Crippen LogP contribution in [0.15, 0.2) is 42.5 Å². The van der Waals surface area contributed by atoms with Gasteiger partial charge in [-0.25, -0.2) is 0 Å². The summed E-state index contributed by atoms with van der Waals surface area (Å²) in [6.07, 6.45) is 7.74. The van der Waals surface area contributed by atoms with Crippen LogP contribution in [0.3, 0.4) is 0 Å². The van der Waals surface area contributed by atoms with Crippen LogP contribution in [-0.2, 0) is 11.2 Å². The highest BCUT2D eigenvalue weighted by Gasteiger charge is 2.33. The number of benzene rings is 2. The number of ether oxygens (including phenoxy) is 2. The maximum atomic E-state index is 13.3. The Morgan fingerprint density at radius 2 is 1.72 bits per heavy atom. The maximum absolute atomic E-state index is 13.3. The molecule has 0 aromatic heterocycles. The summed E-state index contributed by atoms with van der Waals surface area (Å²) in [5, 5.41) is 0. The van der Waals surface area contributed by atoms with Gasteiger partial charge < -0.3 is 14.4 Å². The van der Waals surface area contributed by atoms with E-state index < -0.39 is 0 Å². The van der Waals surface area contributed by atoms with Crippen LogP contribution in [0, 0.1) is 5.92 Å². The van der Waals surface area contributed by atoms with Crippen molar-refractivity contribution in [2.45, 2.75) is 51.0 Å². The summed E-state index contributed by atoms with van der Waals surface area (Å²) in [7, 11) is 3.33. The fraction of sp³-hybridized carbons (Fsp3) is 0.480. The van der Waals surface area contributed by atoms with Gasteiger partial charge in [-0.15, -0.1) is 0 Å². The molecule has 1 aliphatic carbocycles. The molecular weight excluding hydrogens is 362 g/mol. The zero-order valence-corrected chi connectivity index (χ0v) is 17.5. The van der Waals surface area contributed by atoms with E-state index in [4.69, 9.17) is 9.47 Å². The molecule has 1 saturated carbocycles. The molecule has 1 aliphatic heterocycles. The van der Waals surface area contributed by atoms with Gasteiger partial charge in [0.25, 0.3) is 0 Å². The molecule has 2 aromatic rings. The first kappa shape index (κ1) is 19.8.